The fourth-order valence-corrected chi connectivity index (χ4v) is 4.04. The number of carbonyl (C=O) groups is 2. The zero-order chi connectivity index (χ0) is 19.7. The molecule has 0 spiro atoms. The van der Waals surface area contributed by atoms with E-state index >= 15 is 0 Å². The van der Waals surface area contributed by atoms with E-state index in [0.29, 0.717) is 10.1 Å². The Bertz CT molecular complexity index is 1150. The van der Waals surface area contributed by atoms with E-state index in [1.54, 1.807) is 4.57 Å². The van der Waals surface area contributed by atoms with E-state index in [1.165, 1.54) is 11.8 Å². The first-order valence-corrected chi connectivity index (χ1v) is 10.0. The third-order valence-corrected chi connectivity index (χ3v) is 5.58. The van der Waals surface area contributed by atoms with Crippen LogP contribution in [-0.2, 0) is 16.1 Å². The lowest BCUT2D eigenvalue weighted by atomic mass is 10.1. The summed E-state index contributed by atoms with van der Waals surface area (Å²) in [5.41, 5.74) is 7.84. The number of rotatable bonds is 4. The number of nitrogens with zero attached hydrogens (tertiary/aromatic N) is 2. The molecule has 1 aliphatic rings. The largest absolute Gasteiger partial charge is 0.368 e. The van der Waals surface area contributed by atoms with Gasteiger partial charge in [-0.05, 0) is 48.2 Å². The molecule has 0 bridgehead atoms. The van der Waals surface area contributed by atoms with Crippen molar-refractivity contribution in [1.82, 2.24) is 9.88 Å². The third kappa shape index (κ3) is 3.88. The van der Waals surface area contributed by atoms with Crippen molar-refractivity contribution in [3.05, 3.63) is 69.7 Å². The van der Waals surface area contributed by atoms with E-state index in [-0.39, 0.29) is 12.5 Å². The third-order valence-electron chi connectivity index (χ3n) is 4.14. The van der Waals surface area contributed by atoms with E-state index in [0.717, 1.165) is 26.6 Å². The van der Waals surface area contributed by atoms with Gasteiger partial charge in [0.05, 0.1) is 10.6 Å². The van der Waals surface area contributed by atoms with Crippen molar-refractivity contribution >= 4 is 67.3 Å². The molecule has 0 unspecified atom stereocenters. The number of aliphatic imine (C=N–C) groups is 1. The zero-order valence-electron chi connectivity index (χ0n) is 14.6. The number of fused-ring (bicyclic) bond motifs is 1. The highest BCUT2D eigenvalue weighted by Crippen LogP contribution is 2.31. The van der Waals surface area contributed by atoms with Crippen molar-refractivity contribution in [1.29, 1.82) is 0 Å². The molecule has 4 rings (SSSR count). The van der Waals surface area contributed by atoms with Gasteiger partial charge in [-0.25, -0.2) is 4.99 Å². The van der Waals surface area contributed by atoms with Crippen LogP contribution in [0.2, 0.25) is 0 Å². The molecule has 6 nitrogen and oxygen atoms in total. The van der Waals surface area contributed by atoms with Crippen LogP contribution in [0.4, 0.5) is 5.69 Å². The molecule has 1 fully saturated rings. The molecular weight excluding hydrogens is 440 g/mol. The highest BCUT2D eigenvalue weighted by molar-refractivity contribution is 9.10. The molecule has 8 heteroatoms. The van der Waals surface area contributed by atoms with Crippen molar-refractivity contribution in [2.75, 3.05) is 0 Å². The average molecular weight is 455 g/mol. The van der Waals surface area contributed by atoms with Gasteiger partial charge in [0.25, 0.3) is 5.91 Å². The number of hydrogen-bond acceptors (Lipinski definition) is 4. The minimum Gasteiger partial charge on any atom is -0.368 e. The second-order valence-electron chi connectivity index (χ2n) is 6.15. The summed E-state index contributed by atoms with van der Waals surface area (Å²) in [6.45, 7) is 0.0826. The van der Waals surface area contributed by atoms with Gasteiger partial charge in [0.15, 0.2) is 5.17 Å². The maximum Gasteiger partial charge on any atom is 0.264 e. The number of para-hydroxylation sites is 1. The summed E-state index contributed by atoms with van der Waals surface area (Å²) < 4.78 is 2.76. The lowest BCUT2D eigenvalue weighted by molar-refractivity contribution is -0.118. The van der Waals surface area contributed by atoms with Crippen LogP contribution in [0.3, 0.4) is 0 Å². The standard InChI is InChI=1S/C20H15BrN4O2S/c21-13-5-7-14(8-6-13)23-20-24-19(27)17(28-20)9-12-10-25(11-18(22)26)16-4-2-1-3-15(12)16/h1-10H,11H2,(H2,22,26)(H,23,24,27). The SMILES string of the molecule is NC(=O)Cn1cc(C=C2SC(=Nc3ccc(Br)cc3)NC2=O)c2ccccc21. The maximum atomic E-state index is 12.4. The number of thioether (sulfide) groups is 1. The van der Waals surface area contributed by atoms with E-state index in [9.17, 15) is 9.59 Å². The number of nitrogens with one attached hydrogen (secondary N) is 1. The smallest absolute Gasteiger partial charge is 0.264 e. The molecule has 0 radical (unpaired) electrons. The Labute approximate surface area is 173 Å². The van der Waals surface area contributed by atoms with Gasteiger partial charge in [0.1, 0.15) is 6.54 Å². The molecule has 1 saturated heterocycles. The summed E-state index contributed by atoms with van der Waals surface area (Å²) in [5.74, 6) is -0.621. The highest BCUT2D eigenvalue weighted by atomic mass is 79.9. The Kier molecular flexibility index (Phi) is 5.06. The van der Waals surface area contributed by atoms with Gasteiger partial charge >= 0.3 is 0 Å². The number of amides is 2. The van der Waals surface area contributed by atoms with Crippen LogP contribution >= 0.6 is 27.7 Å². The van der Waals surface area contributed by atoms with E-state index < -0.39 is 5.91 Å². The van der Waals surface area contributed by atoms with Crippen molar-refractivity contribution in [3.63, 3.8) is 0 Å². The van der Waals surface area contributed by atoms with Crippen LogP contribution in [0.15, 0.2) is 69.1 Å². The molecule has 1 aromatic heterocycles. The number of carbonyl (C=O) groups excluding carboxylic acids is 2. The van der Waals surface area contributed by atoms with Gasteiger partial charge in [-0.2, -0.15) is 0 Å². The van der Waals surface area contributed by atoms with Crippen LogP contribution in [-0.4, -0.2) is 21.5 Å². The van der Waals surface area contributed by atoms with Gasteiger partial charge in [-0.3, -0.25) is 9.59 Å². The summed E-state index contributed by atoms with van der Waals surface area (Å²) >= 11 is 4.67. The number of primary amides is 1. The van der Waals surface area contributed by atoms with Gasteiger partial charge in [-0.1, -0.05) is 34.1 Å². The van der Waals surface area contributed by atoms with Crippen LogP contribution < -0.4 is 11.1 Å². The van der Waals surface area contributed by atoms with E-state index in [4.69, 9.17) is 5.73 Å². The number of nitrogens with two attached hydrogens (primary N) is 1. The van der Waals surface area contributed by atoms with Crippen LogP contribution in [0.25, 0.3) is 17.0 Å². The number of aromatic nitrogens is 1. The molecule has 140 valence electrons. The van der Waals surface area contributed by atoms with Crippen LogP contribution in [0.1, 0.15) is 5.56 Å². The van der Waals surface area contributed by atoms with Crippen LogP contribution in [0.5, 0.6) is 0 Å². The predicted octanol–water partition coefficient (Wildman–Crippen LogP) is 3.78. The summed E-state index contributed by atoms with van der Waals surface area (Å²) in [4.78, 5) is 28.7. The first-order valence-electron chi connectivity index (χ1n) is 8.41. The Hall–Kier alpha value is -2.84. The Morgan fingerprint density at radius 1 is 1.21 bits per heavy atom. The zero-order valence-corrected chi connectivity index (χ0v) is 17.0. The molecule has 3 aromatic rings. The molecule has 2 amide bonds. The van der Waals surface area contributed by atoms with Crippen molar-refractivity contribution in [2.45, 2.75) is 6.54 Å². The fraction of sp³-hybridized carbons (Fsp3) is 0.0500. The Balaban J connectivity index is 1.67. The lowest BCUT2D eigenvalue weighted by Gasteiger charge is -2.00. The normalized spacial score (nSPS) is 16.8. The second kappa shape index (κ2) is 7.65. The molecule has 2 heterocycles. The first kappa shape index (κ1) is 18.5. The topological polar surface area (TPSA) is 89.5 Å². The van der Waals surface area contributed by atoms with Crippen LogP contribution in [0, 0.1) is 0 Å². The summed E-state index contributed by atoms with van der Waals surface area (Å²) in [7, 11) is 0. The maximum absolute atomic E-state index is 12.4. The number of hydrogen-bond donors (Lipinski definition) is 2. The first-order chi connectivity index (χ1) is 13.5. The number of amidine groups is 1. The molecule has 0 aliphatic carbocycles. The summed E-state index contributed by atoms with van der Waals surface area (Å²) in [6.07, 6.45) is 3.64. The molecule has 3 N–H and O–H groups in total. The van der Waals surface area contributed by atoms with E-state index in [1.807, 2.05) is 60.8 Å². The lowest BCUT2D eigenvalue weighted by Crippen LogP contribution is -2.19. The summed E-state index contributed by atoms with van der Waals surface area (Å²) in [5, 5.41) is 4.26. The number of benzene rings is 2. The minimum absolute atomic E-state index is 0.0826. The van der Waals surface area contributed by atoms with Crippen molar-refractivity contribution in [3.8, 4) is 0 Å². The summed E-state index contributed by atoms with van der Waals surface area (Å²) in [6, 6.07) is 15.2. The average Bonchev–Trinajstić information content (AvgIpc) is 3.18. The molecular formula is C20H15BrN4O2S. The molecule has 0 atom stereocenters. The highest BCUT2D eigenvalue weighted by Gasteiger charge is 2.24. The predicted molar refractivity (Wildman–Crippen MR) is 116 cm³/mol. The fourth-order valence-electron chi connectivity index (χ4n) is 2.94. The van der Waals surface area contributed by atoms with Gasteiger partial charge in [-0.15, -0.1) is 0 Å². The Morgan fingerprint density at radius 2 is 1.96 bits per heavy atom. The number of halogens is 1. The van der Waals surface area contributed by atoms with Gasteiger partial charge < -0.3 is 15.6 Å². The van der Waals surface area contributed by atoms with E-state index in [2.05, 4.69) is 26.2 Å². The molecule has 1 aliphatic heterocycles. The van der Waals surface area contributed by atoms with Gasteiger partial charge in [0, 0.05) is 27.1 Å². The van der Waals surface area contributed by atoms with Crippen molar-refractivity contribution < 1.29 is 9.59 Å². The monoisotopic (exact) mass is 454 g/mol. The van der Waals surface area contributed by atoms with Gasteiger partial charge in [0.2, 0.25) is 5.91 Å². The molecule has 0 saturated carbocycles. The van der Waals surface area contributed by atoms with Crippen molar-refractivity contribution in [2.24, 2.45) is 10.7 Å². The molecule has 2 aromatic carbocycles. The molecule has 28 heavy (non-hydrogen) atoms. The minimum atomic E-state index is -0.420. The quantitative estimate of drug-likeness (QED) is 0.587. The second-order valence-corrected chi connectivity index (χ2v) is 8.10. The Morgan fingerprint density at radius 3 is 2.71 bits per heavy atom.